The Balaban J connectivity index is 1.88. The Labute approximate surface area is 216 Å². The maximum Gasteiger partial charge on any atom is 0.254 e. The highest BCUT2D eigenvalue weighted by atomic mass is 16.7. The maximum absolute atomic E-state index is 13.2. The van der Waals surface area contributed by atoms with Crippen LogP contribution in [0.4, 0.5) is 5.69 Å². The number of carbonyl (C=O) groups is 1. The van der Waals surface area contributed by atoms with Crippen LogP contribution in [0.25, 0.3) is 0 Å². The SMILES string of the molecule is CCOC(C)OC(C(=O)Nc1c(C)cc(OCCCCOCc2ccccc2)cc1C)C(C)(C)CO. The van der Waals surface area contributed by atoms with Crippen molar-refractivity contribution in [2.24, 2.45) is 5.41 Å². The number of amides is 1. The first kappa shape index (κ1) is 29.8. The van der Waals surface area contributed by atoms with E-state index in [1.165, 1.54) is 5.56 Å². The minimum Gasteiger partial charge on any atom is -0.494 e. The number of unbranched alkanes of at least 4 members (excludes halogenated alkanes) is 1. The van der Waals surface area contributed by atoms with Crippen LogP contribution in [-0.2, 0) is 25.6 Å². The van der Waals surface area contributed by atoms with E-state index in [4.69, 9.17) is 18.9 Å². The number of benzene rings is 2. The molecule has 0 aliphatic carbocycles. The summed E-state index contributed by atoms with van der Waals surface area (Å²) in [6.07, 6.45) is 0.348. The molecule has 0 spiro atoms. The molecule has 2 aromatic rings. The molecule has 0 heterocycles. The normalized spacial score (nSPS) is 13.3. The Morgan fingerprint density at radius 1 is 1.06 bits per heavy atom. The molecule has 0 bridgehead atoms. The lowest BCUT2D eigenvalue weighted by Gasteiger charge is -2.33. The molecule has 0 aliphatic heterocycles. The van der Waals surface area contributed by atoms with E-state index in [1.54, 1.807) is 20.8 Å². The molecule has 7 nitrogen and oxygen atoms in total. The molecule has 7 heteroatoms. The van der Waals surface area contributed by atoms with Gasteiger partial charge in [-0.3, -0.25) is 4.79 Å². The molecule has 36 heavy (non-hydrogen) atoms. The number of carbonyl (C=O) groups excluding carboxylic acids is 1. The number of rotatable bonds is 16. The standard InChI is InChI=1S/C29H43NO6/c1-7-34-23(4)36-27(29(5,6)20-31)28(32)30-26-21(2)17-25(18-22(26)3)35-16-12-11-15-33-19-24-13-9-8-10-14-24/h8-10,13-14,17-18,23,27,31H,7,11-12,15-16,19-20H2,1-6H3,(H,30,32). The predicted octanol–water partition coefficient (Wildman–Crippen LogP) is 5.40. The van der Waals surface area contributed by atoms with Crippen LogP contribution < -0.4 is 10.1 Å². The lowest BCUT2D eigenvalue weighted by molar-refractivity contribution is -0.190. The number of ether oxygens (including phenoxy) is 4. The fraction of sp³-hybridized carbons (Fsp3) is 0.552. The molecule has 0 fully saturated rings. The Morgan fingerprint density at radius 3 is 2.31 bits per heavy atom. The van der Waals surface area contributed by atoms with Crippen molar-refractivity contribution in [3.8, 4) is 5.75 Å². The molecule has 0 saturated heterocycles. The molecular weight excluding hydrogens is 458 g/mol. The van der Waals surface area contributed by atoms with Crippen LogP contribution in [0.15, 0.2) is 42.5 Å². The van der Waals surface area contributed by atoms with Crippen LogP contribution >= 0.6 is 0 Å². The summed E-state index contributed by atoms with van der Waals surface area (Å²) in [5, 5.41) is 12.8. The van der Waals surface area contributed by atoms with Crippen LogP contribution in [0.2, 0.25) is 0 Å². The van der Waals surface area contributed by atoms with Crippen molar-refractivity contribution in [2.45, 2.75) is 73.4 Å². The number of aliphatic hydroxyl groups excluding tert-OH is 1. The summed E-state index contributed by atoms with van der Waals surface area (Å²) in [7, 11) is 0. The highest BCUT2D eigenvalue weighted by molar-refractivity contribution is 5.96. The average molecular weight is 502 g/mol. The zero-order chi connectivity index (χ0) is 26.6. The topological polar surface area (TPSA) is 86.3 Å². The van der Waals surface area contributed by atoms with Crippen molar-refractivity contribution in [1.82, 2.24) is 0 Å². The third kappa shape index (κ3) is 9.54. The van der Waals surface area contributed by atoms with E-state index in [9.17, 15) is 9.90 Å². The number of aryl methyl sites for hydroxylation is 2. The number of hydrogen-bond donors (Lipinski definition) is 2. The number of aliphatic hydroxyl groups is 1. The first-order valence-corrected chi connectivity index (χ1v) is 12.7. The number of hydrogen-bond acceptors (Lipinski definition) is 6. The first-order valence-electron chi connectivity index (χ1n) is 12.7. The Bertz CT molecular complexity index is 908. The van der Waals surface area contributed by atoms with Crippen molar-refractivity contribution in [3.63, 3.8) is 0 Å². The van der Waals surface area contributed by atoms with Gasteiger partial charge < -0.3 is 29.4 Å². The van der Waals surface area contributed by atoms with Gasteiger partial charge in [0.1, 0.15) is 11.9 Å². The fourth-order valence-corrected chi connectivity index (χ4v) is 3.80. The molecule has 0 radical (unpaired) electrons. The van der Waals surface area contributed by atoms with Gasteiger partial charge in [0.05, 0.1) is 19.8 Å². The second kappa shape index (κ2) is 15.0. The zero-order valence-electron chi connectivity index (χ0n) is 22.6. The smallest absolute Gasteiger partial charge is 0.254 e. The van der Waals surface area contributed by atoms with E-state index in [0.717, 1.165) is 29.7 Å². The van der Waals surface area contributed by atoms with Gasteiger partial charge >= 0.3 is 0 Å². The second-order valence-electron chi connectivity index (χ2n) is 9.70. The van der Waals surface area contributed by atoms with Crippen molar-refractivity contribution in [2.75, 3.05) is 31.7 Å². The minimum absolute atomic E-state index is 0.202. The van der Waals surface area contributed by atoms with Crippen molar-refractivity contribution >= 4 is 11.6 Å². The lowest BCUT2D eigenvalue weighted by Crippen LogP contribution is -2.46. The monoisotopic (exact) mass is 501 g/mol. The van der Waals surface area contributed by atoms with Gasteiger partial charge in [-0.15, -0.1) is 0 Å². The quantitative estimate of drug-likeness (QED) is 0.236. The molecule has 2 aromatic carbocycles. The van der Waals surface area contributed by atoms with Crippen molar-refractivity contribution in [3.05, 3.63) is 59.2 Å². The summed E-state index contributed by atoms with van der Waals surface area (Å²) in [6.45, 7) is 13.2. The maximum atomic E-state index is 13.2. The van der Waals surface area contributed by atoms with Gasteiger partial charge in [-0.2, -0.15) is 0 Å². The number of nitrogens with one attached hydrogen (secondary N) is 1. The molecule has 2 unspecified atom stereocenters. The van der Waals surface area contributed by atoms with Crippen LogP contribution in [-0.4, -0.2) is 49.8 Å². The van der Waals surface area contributed by atoms with Crippen LogP contribution in [0, 0.1) is 19.3 Å². The fourth-order valence-electron chi connectivity index (χ4n) is 3.80. The Kier molecular flexibility index (Phi) is 12.4. The lowest BCUT2D eigenvalue weighted by atomic mass is 9.86. The number of anilines is 1. The molecule has 0 aromatic heterocycles. The molecule has 1 amide bonds. The van der Waals surface area contributed by atoms with E-state index in [2.05, 4.69) is 17.4 Å². The molecule has 0 aliphatic rings. The molecule has 2 N–H and O–H groups in total. The average Bonchev–Trinajstić information content (AvgIpc) is 2.84. The first-order chi connectivity index (χ1) is 17.2. The van der Waals surface area contributed by atoms with Crippen LogP contribution in [0.3, 0.4) is 0 Å². The van der Waals surface area contributed by atoms with Crippen molar-refractivity contribution < 1.29 is 28.8 Å². The Morgan fingerprint density at radius 2 is 1.69 bits per heavy atom. The van der Waals surface area contributed by atoms with Gasteiger partial charge in [-0.05, 0) is 69.4 Å². The van der Waals surface area contributed by atoms with E-state index >= 15 is 0 Å². The summed E-state index contributed by atoms with van der Waals surface area (Å²) in [4.78, 5) is 13.2. The van der Waals surface area contributed by atoms with E-state index in [0.29, 0.717) is 32.1 Å². The largest absolute Gasteiger partial charge is 0.494 e. The summed E-state index contributed by atoms with van der Waals surface area (Å²) in [5.41, 5.74) is 2.89. The third-order valence-corrected chi connectivity index (χ3v) is 5.90. The van der Waals surface area contributed by atoms with E-state index < -0.39 is 17.8 Å². The molecule has 2 atom stereocenters. The van der Waals surface area contributed by atoms with Crippen molar-refractivity contribution in [1.29, 1.82) is 0 Å². The highest BCUT2D eigenvalue weighted by Crippen LogP contribution is 2.30. The predicted molar refractivity (Wildman–Crippen MR) is 142 cm³/mol. The molecule has 200 valence electrons. The summed E-state index contributed by atoms with van der Waals surface area (Å²) in [6, 6.07) is 14.0. The summed E-state index contributed by atoms with van der Waals surface area (Å²) in [5.74, 6) is 0.442. The molecular formula is C29H43NO6. The zero-order valence-corrected chi connectivity index (χ0v) is 22.6. The summed E-state index contributed by atoms with van der Waals surface area (Å²) >= 11 is 0. The highest BCUT2D eigenvalue weighted by Gasteiger charge is 2.37. The van der Waals surface area contributed by atoms with Gasteiger partial charge in [0.2, 0.25) is 0 Å². The Hall–Kier alpha value is -2.45. The van der Waals surface area contributed by atoms with Gasteiger partial charge in [-0.25, -0.2) is 0 Å². The van der Waals surface area contributed by atoms with Gasteiger partial charge in [0.25, 0.3) is 5.91 Å². The third-order valence-electron chi connectivity index (χ3n) is 5.90. The van der Waals surface area contributed by atoms with Gasteiger partial charge in [-0.1, -0.05) is 44.2 Å². The van der Waals surface area contributed by atoms with Gasteiger partial charge in [0.15, 0.2) is 6.29 Å². The summed E-state index contributed by atoms with van der Waals surface area (Å²) < 4.78 is 23.0. The van der Waals surface area contributed by atoms with Gasteiger partial charge in [0, 0.05) is 24.3 Å². The molecule has 0 saturated carbocycles. The molecule has 2 rings (SSSR count). The van der Waals surface area contributed by atoms with Crippen LogP contribution in [0.5, 0.6) is 5.75 Å². The van der Waals surface area contributed by atoms with E-state index in [1.807, 2.05) is 51.1 Å². The minimum atomic E-state index is -0.886. The van der Waals surface area contributed by atoms with E-state index in [-0.39, 0.29) is 12.5 Å². The second-order valence-corrected chi connectivity index (χ2v) is 9.70. The van der Waals surface area contributed by atoms with Crippen LogP contribution in [0.1, 0.15) is 57.2 Å².